The third kappa shape index (κ3) is 7.13. The van der Waals surface area contributed by atoms with E-state index in [9.17, 15) is 24.9 Å². The Bertz CT molecular complexity index is 1200. The molecule has 0 radical (unpaired) electrons. The van der Waals surface area contributed by atoms with E-state index in [2.05, 4.69) is 27.9 Å². The van der Waals surface area contributed by atoms with Crippen molar-refractivity contribution in [3.63, 3.8) is 0 Å². The first-order chi connectivity index (χ1) is 19.4. The number of nitrogens with one attached hydrogen (secondary N) is 1. The lowest BCUT2D eigenvalue weighted by molar-refractivity contribution is -0.143. The fourth-order valence-electron chi connectivity index (χ4n) is 5.00. The molecule has 4 unspecified atom stereocenters. The van der Waals surface area contributed by atoms with Gasteiger partial charge in [-0.2, -0.15) is 0 Å². The number of methoxy groups -OCH3 is 1. The molecule has 0 saturated carbocycles. The zero-order valence-electron chi connectivity index (χ0n) is 22.3. The van der Waals surface area contributed by atoms with Gasteiger partial charge in [-0.25, -0.2) is 0 Å². The Labute approximate surface area is 247 Å². The smallest absolute Gasteiger partial charge is 0.247 e. The Morgan fingerprint density at radius 2 is 1.95 bits per heavy atom. The van der Waals surface area contributed by atoms with Crippen molar-refractivity contribution >= 4 is 34.4 Å². The second-order valence-electron chi connectivity index (χ2n) is 9.80. The van der Waals surface area contributed by atoms with Crippen LogP contribution in [0.3, 0.4) is 0 Å². The number of nitrogens with zero attached hydrogens (tertiary/aromatic N) is 1. The number of aliphatic hydroxyl groups excluding tert-OH is 3. The van der Waals surface area contributed by atoms with Crippen LogP contribution in [0.25, 0.3) is 0 Å². The standard InChI is InChI=1S/C29H35IN2O8/c1-38-25-12-19(16-34)11-22(30)27(25)40-24-14-21(28(36)31-8-9-33)13-23(26(24)35)32(15-18-5-3-2-4-6-18)29(37)20-7-10-39-17-20/h2-6,11-12,14,20,23-24,26,33-35H,7-10,13,15-17H2,1H3,(H,31,36). The Morgan fingerprint density at radius 3 is 2.60 bits per heavy atom. The number of hydrogen-bond acceptors (Lipinski definition) is 8. The molecule has 1 heterocycles. The van der Waals surface area contributed by atoms with Crippen molar-refractivity contribution in [2.75, 3.05) is 33.5 Å². The molecule has 216 valence electrons. The topological polar surface area (TPSA) is 138 Å². The summed E-state index contributed by atoms with van der Waals surface area (Å²) in [5.41, 5.74) is 1.85. The molecule has 1 fully saturated rings. The van der Waals surface area contributed by atoms with Gasteiger partial charge in [-0.1, -0.05) is 30.3 Å². The van der Waals surface area contributed by atoms with Crippen molar-refractivity contribution in [3.05, 3.63) is 68.8 Å². The van der Waals surface area contributed by atoms with Gasteiger partial charge in [-0.05, 0) is 58.3 Å². The van der Waals surface area contributed by atoms with Gasteiger partial charge in [-0.15, -0.1) is 0 Å². The van der Waals surface area contributed by atoms with Crippen LogP contribution in [-0.2, 0) is 27.5 Å². The highest BCUT2D eigenvalue weighted by molar-refractivity contribution is 14.1. The average molecular weight is 667 g/mol. The maximum atomic E-state index is 13.8. The van der Waals surface area contributed by atoms with Gasteiger partial charge in [-0.3, -0.25) is 9.59 Å². The van der Waals surface area contributed by atoms with Crippen LogP contribution < -0.4 is 14.8 Å². The van der Waals surface area contributed by atoms with Crippen molar-refractivity contribution in [2.45, 2.75) is 44.2 Å². The van der Waals surface area contributed by atoms with Gasteiger partial charge in [0.2, 0.25) is 11.8 Å². The summed E-state index contributed by atoms with van der Waals surface area (Å²) in [5.74, 6) is -0.194. The molecule has 4 atom stereocenters. The minimum Gasteiger partial charge on any atom is -0.493 e. The molecule has 10 nitrogen and oxygen atoms in total. The lowest BCUT2D eigenvalue weighted by Crippen LogP contribution is -2.56. The van der Waals surface area contributed by atoms with Gasteiger partial charge < -0.3 is 39.7 Å². The molecule has 0 bridgehead atoms. The van der Waals surface area contributed by atoms with E-state index in [1.165, 1.54) is 7.11 Å². The highest BCUT2D eigenvalue weighted by Crippen LogP contribution is 2.37. The van der Waals surface area contributed by atoms with Crippen LogP contribution in [0.5, 0.6) is 11.5 Å². The van der Waals surface area contributed by atoms with Crippen molar-refractivity contribution in [2.24, 2.45) is 5.92 Å². The molecule has 4 N–H and O–H groups in total. The molecule has 1 saturated heterocycles. The van der Waals surface area contributed by atoms with Crippen LogP contribution in [0.2, 0.25) is 0 Å². The minimum absolute atomic E-state index is 0.0648. The van der Waals surface area contributed by atoms with Crippen molar-refractivity contribution in [1.82, 2.24) is 10.2 Å². The Hall–Kier alpha value is -2.71. The van der Waals surface area contributed by atoms with Crippen molar-refractivity contribution < 1.29 is 39.1 Å². The Morgan fingerprint density at radius 1 is 1.18 bits per heavy atom. The molecule has 2 aromatic rings. The number of carbonyl (C=O) groups is 2. The Kier molecular flexibility index (Phi) is 10.8. The van der Waals surface area contributed by atoms with E-state index in [1.807, 2.05) is 30.3 Å². The van der Waals surface area contributed by atoms with E-state index in [-0.39, 0.29) is 44.5 Å². The number of ether oxygens (including phenoxy) is 3. The van der Waals surface area contributed by atoms with E-state index in [4.69, 9.17) is 14.2 Å². The quantitative estimate of drug-likeness (QED) is 0.267. The van der Waals surface area contributed by atoms with Gasteiger partial charge >= 0.3 is 0 Å². The summed E-state index contributed by atoms with van der Waals surface area (Å²) < 4.78 is 17.9. The first-order valence-corrected chi connectivity index (χ1v) is 14.3. The summed E-state index contributed by atoms with van der Waals surface area (Å²) in [4.78, 5) is 28.6. The van der Waals surface area contributed by atoms with Crippen LogP contribution in [-0.4, -0.2) is 83.8 Å². The minimum atomic E-state index is -1.18. The number of aliphatic hydroxyl groups is 3. The maximum Gasteiger partial charge on any atom is 0.247 e. The second kappa shape index (κ2) is 14.3. The lowest BCUT2D eigenvalue weighted by Gasteiger charge is -2.41. The third-order valence-electron chi connectivity index (χ3n) is 7.10. The molecule has 1 aliphatic carbocycles. The fourth-order valence-corrected chi connectivity index (χ4v) is 5.79. The number of amides is 2. The molecule has 2 amide bonds. The normalized spacial score (nSPS) is 22.4. The summed E-state index contributed by atoms with van der Waals surface area (Å²) in [7, 11) is 1.48. The summed E-state index contributed by atoms with van der Waals surface area (Å²) in [6, 6.07) is 12.1. The van der Waals surface area contributed by atoms with E-state index in [0.29, 0.717) is 45.8 Å². The molecular formula is C29H35IN2O8. The van der Waals surface area contributed by atoms with Crippen LogP contribution in [0.4, 0.5) is 0 Å². The molecular weight excluding hydrogens is 631 g/mol. The lowest BCUT2D eigenvalue weighted by atomic mass is 9.87. The average Bonchev–Trinajstić information content (AvgIpc) is 3.52. The summed E-state index contributed by atoms with van der Waals surface area (Å²) in [6.45, 7) is 0.692. The molecule has 4 rings (SSSR count). The van der Waals surface area contributed by atoms with E-state index in [0.717, 1.165) is 5.56 Å². The molecule has 40 heavy (non-hydrogen) atoms. The second-order valence-corrected chi connectivity index (χ2v) is 11.0. The van der Waals surface area contributed by atoms with Gasteiger partial charge in [0.15, 0.2) is 11.5 Å². The highest BCUT2D eigenvalue weighted by atomic mass is 127. The van der Waals surface area contributed by atoms with Crippen LogP contribution in [0.1, 0.15) is 24.0 Å². The van der Waals surface area contributed by atoms with E-state index >= 15 is 0 Å². The fraction of sp³-hybridized carbons (Fsp3) is 0.448. The maximum absolute atomic E-state index is 13.8. The molecule has 2 aromatic carbocycles. The predicted octanol–water partition coefficient (Wildman–Crippen LogP) is 1.77. The van der Waals surface area contributed by atoms with Gasteiger partial charge in [0.05, 0.1) is 42.5 Å². The molecule has 0 aromatic heterocycles. The third-order valence-corrected chi connectivity index (χ3v) is 7.90. The molecule has 2 aliphatic rings. The number of carbonyl (C=O) groups excluding carboxylic acids is 2. The predicted molar refractivity (Wildman–Crippen MR) is 155 cm³/mol. The monoisotopic (exact) mass is 666 g/mol. The van der Waals surface area contributed by atoms with Gasteiger partial charge in [0.1, 0.15) is 12.2 Å². The first kappa shape index (κ1) is 30.3. The number of hydrogen-bond donors (Lipinski definition) is 4. The summed E-state index contributed by atoms with van der Waals surface area (Å²) in [6.07, 6.45) is 0.0680. The first-order valence-electron chi connectivity index (χ1n) is 13.2. The summed E-state index contributed by atoms with van der Waals surface area (Å²) in [5, 5.41) is 33.2. The largest absolute Gasteiger partial charge is 0.493 e. The molecule has 11 heteroatoms. The zero-order valence-corrected chi connectivity index (χ0v) is 24.5. The van der Waals surface area contributed by atoms with E-state index < -0.39 is 24.2 Å². The van der Waals surface area contributed by atoms with E-state index in [1.54, 1.807) is 23.1 Å². The van der Waals surface area contributed by atoms with Crippen molar-refractivity contribution in [3.8, 4) is 11.5 Å². The van der Waals surface area contributed by atoms with Crippen LogP contribution in [0, 0.1) is 9.49 Å². The molecule has 0 spiro atoms. The highest BCUT2D eigenvalue weighted by Gasteiger charge is 2.42. The number of rotatable bonds is 11. The zero-order chi connectivity index (χ0) is 28.6. The van der Waals surface area contributed by atoms with Crippen LogP contribution >= 0.6 is 22.6 Å². The van der Waals surface area contributed by atoms with Gasteiger partial charge in [0.25, 0.3) is 0 Å². The van der Waals surface area contributed by atoms with Crippen molar-refractivity contribution in [1.29, 1.82) is 0 Å². The van der Waals surface area contributed by atoms with Gasteiger partial charge in [0, 0.05) is 31.7 Å². The van der Waals surface area contributed by atoms with Crippen LogP contribution in [0.15, 0.2) is 54.1 Å². The number of halogens is 1. The molecule has 1 aliphatic heterocycles. The Balaban J connectivity index is 1.72. The number of benzene rings is 2. The SMILES string of the molecule is COc1cc(CO)cc(I)c1OC1C=C(C(=O)NCCO)CC(N(Cc2ccccc2)C(=O)C2CCOC2)C1O. The summed E-state index contributed by atoms with van der Waals surface area (Å²) >= 11 is 2.06.